The molecule has 0 saturated carbocycles. The first-order valence-corrected chi connectivity index (χ1v) is 9.69. The fourth-order valence-corrected chi connectivity index (χ4v) is 3.55. The van der Waals surface area contributed by atoms with Gasteiger partial charge in [0.25, 0.3) is 11.7 Å². The molecule has 8 heteroatoms. The van der Waals surface area contributed by atoms with E-state index in [2.05, 4.69) is 0 Å². The van der Waals surface area contributed by atoms with E-state index in [4.69, 9.17) is 9.47 Å². The second kappa shape index (κ2) is 9.18. The molecule has 31 heavy (non-hydrogen) atoms. The number of ketones is 1. The van der Waals surface area contributed by atoms with Crippen LogP contribution < -0.4 is 9.47 Å². The molecule has 0 radical (unpaired) electrons. The zero-order valence-corrected chi connectivity index (χ0v) is 17.9. The van der Waals surface area contributed by atoms with E-state index in [0.29, 0.717) is 23.6 Å². The lowest BCUT2D eigenvalue weighted by molar-refractivity contribution is -0.140. The lowest BCUT2D eigenvalue weighted by Gasteiger charge is -2.27. The number of carbonyl (C=O) groups excluding carboxylic acids is 2. The topological polar surface area (TPSA) is 79.3 Å². The van der Waals surface area contributed by atoms with E-state index < -0.39 is 23.5 Å². The number of methoxy groups -OCH3 is 2. The van der Waals surface area contributed by atoms with Crippen molar-refractivity contribution in [1.82, 2.24) is 9.80 Å². The number of rotatable bonds is 7. The number of likely N-dealkylation sites (tertiary alicyclic amines) is 1. The van der Waals surface area contributed by atoms with Crippen molar-refractivity contribution in [3.63, 3.8) is 0 Å². The number of likely N-dealkylation sites (N-methyl/N-ethyl adjacent to an activating group) is 1. The Labute approximate surface area is 180 Å². The second-order valence-corrected chi connectivity index (χ2v) is 7.42. The largest absolute Gasteiger partial charge is 0.507 e. The zero-order chi connectivity index (χ0) is 22.7. The van der Waals surface area contributed by atoms with Crippen molar-refractivity contribution in [2.75, 3.05) is 41.4 Å². The maximum atomic E-state index is 13.3. The van der Waals surface area contributed by atoms with Crippen LogP contribution in [0.4, 0.5) is 4.39 Å². The van der Waals surface area contributed by atoms with E-state index in [-0.39, 0.29) is 23.4 Å². The molecular weight excluding hydrogens is 403 g/mol. The number of aliphatic hydroxyl groups is 1. The number of halogens is 1. The summed E-state index contributed by atoms with van der Waals surface area (Å²) < 4.78 is 24.0. The molecule has 1 aliphatic rings. The monoisotopic (exact) mass is 428 g/mol. The quantitative estimate of drug-likeness (QED) is 0.415. The molecule has 164 valence electrons. The van der Waals surface area contributed by atoms with Crippen LogP contribution >= 0.6 is 0 Å². The van der Waals surface area contributed by atoms with Crippen molar-refractivity contribution < 1.29 is 28.6 Å². The van der Waals surface area contributed by atoms with Crippen LogP contribution in [0.15, 0.2) is 48.0 Å². The van der Waals surface area contributed by atoms with Crippen LogP contribution in [0.2, 0.25) is 0 Å². The average molecular weight is 428 g/mol. The molecule has 1 aliphatic heterocycles. The molecule has 2 aromatic carbocycles. The summed E-state index contributed by atoms with van der Waals surface area (Å²) in [5, 5.41) is 10.9. The summed E-state index contributed by atoms with van der Waals surface area (Å²) in [7, 11) is 6.72. The Balaban J connectivity index is 2.18. The lowest BCUT2D eigenvalue weighted by Crippen LogP contribution is -2.35. The van der Waals surface area contributed by atoms with Gasteiger partial charge in [-0.05, 0) is 56.1 Å². The van der Waals surface area contributed by atoms with Crippen molar-refractivity contribution in [1.29, 1.82) is 0 Å². The number of benzene rings is 2. The summed E-state index contributed by atoms with van der Waals surface area (Å²) in [5.74, 6) is -1.40. The summed E-state index contributed by atoms with van der Waals surface area (Å²) in [5.41, 5.74) is 0.777. The fourth-order valence-electron chi connectivity index (χ4n) is 3.55. The zero-order valence-electron chi connectivity index (χ0n) is 17.9. The Morgan fingerprint density at radius 2 is 1.71 bits per heavy atom. The molecule has 1 fully saturated rings. The maximum absolute atomic E-state index is 13.3. The summed E-state index contributed by atoms with van der Waals surface area (Å²) in [6.45, 7) is 0.796. The van der Waals surface area contributed by atoms with Crippen molar-refractivity contribution in [2.24, 2.45) is 0 Å². The first kappa shape index (κ1) is 22.3. The number of Topliss-reactive ketones (excluding diaryl/α,β-unsaturated/α-hetero) is 1. The van der Waals surface area contributed by atoms with Crippen LogP contribution in [0.3, 0.4) is 0 Å². The first-order valence-electron chi connectivity index (χ1n) is 9.69. The Morgan fingerprint density at radius 1 is 1.06 bits per heavy atom. The first-order chi connectivity index (χ1) is 14.8. The Bertz CT molecular complexity index is 1020. The third-order valence-corrected chi connectivity index (χ3v) is 5.17. The second-order valence-electron chi connectivity index (χ2n) is 7.42. The number of amides is 1. The van der Waals surface area contributed by atoms with Gasteiger partial charge in [0.1, 0.15) is 11.6 Å². The maximum Gasteiger partial charge on any atom is 0.295 e. The van der Waals surface area contributed by atoms with Gasteiger partial charge in [0.2, 0.25) is 0 Å². The number of hydrogen-bond acceptors (Lipinski definition) is 6. The van der Waals surface area contributed by atoms with Gasteiger partial charge in [-0.3, -0.25) is 9.59 Å². The lowest BCUT2D eigenvalue weighted by atomic mass is 9.95. The van der Waals surface area contributed by atoms with E-state index in [9.17, 15) is 19.1 Å². The average Bonchev–Trinajstić information content (AvgIpc) is 3.01. The van der Waals surface area contributed by atoms with Gasteiger partial charge >= 0.3 is 0 Å². The Kier molecular flexibility index (Phi) is 6.60. The molecule has 7 nitrogen and oxygen atoms in total. The molecule has 1 N–H and O–H groups in total. The summed E-state index contributed by atoms with van der Waals surface area (Å²) in [6.07, 6.45) is 0. The molecule has 0 bridgehead atoms. The highest BCUT2D eigenvalue weighted by Gasteiger charge is 2.46. The summed E-state index contributed by atoms with van der Waals surface area (Å²) >= 11 is 0. The van der Waals surface area contributed by atoms with Gasteiger partial charge in [-0.25, -0.2) is 4.39 Å². The highest BCUT2D eigenvalue weighted by Crippen LogP contribution is 2.41. The number of aliphatic hydroxyl groups excluding tert-OH is 1. The van der Waals surface area contributed by atoms with Gasteiger partial charge in [0, 0.05) is 18.7 Å². The highest BCUT2D eigenvalue weighted by atomic mass is 19.1. The van der Waals surface area contributed by atoms with Gasteiger partial charge < -0.3 is 24.4 Å². The van der Waals surface area contributed by atoms with Crippen molar-refractivity contribution in [3.05, 3.63) is 65.0 Å². The number of ether oxygens (including phenoxy) is 2. The van der Waals surface area contributed by atoms with Gasteiger partial charge in [-0.1, -0.05) is 6.07 Å². The normalized spacial score (nSPS) is 18.0. The van der Waals surface area contributed by atoms with Gasteiger partial charge in [0.15, 0.2) is 11.5 Å². The van der Waals surface area contributed by atoms with Crippen LogP contribution in [0, 0.1) is 5.82 Å². The minimum atomic E-state index is -0.829. The third kappa shape index (κ3) is 4.39. The van der Waals surface area contributed by atoms with Gasteiger partial charge in [0.05, 0.1) is 25.8 Å². The van der Waals surface area contributed by atoms with Gasteiger partial charge in [-0.15, -0.1) is 0 Å². The van der Waals surface area contributed by atoms with Crippen LogP contribution in [-0.2, 0) is 9.59 Å². The smallest absolute Gasteiger partial charge is 0.295 e. The van der Waals surface area contributed by atoms with Crippen molar-refractivity contribution in [3.8, 4) is 11.5 Å². The number of nitrogens with zero attached hydrogens (tertiary/aromatic N) is 2. The minimum absolute atomic E-state index is 0.0532. The van der Waals surface area contributed by atoms with Crippen LogP contribution in [0.1, 0.15) is 17.2 Å². The van der Waals surface area contributed by atoms with E-state index in [1.807, 2.05) is 19.0 Å². The molecule has 1 atom stereocenters. The molecule has 0 unspecified atom stereocenters. The van der Waals surface area contributed by atoms with E-state index >= 15 is 0 Å². The molecular formula is C23H25FN2O5. The Hall–Kier alpha value is -3.39. The van der Waals surface area contributed by atoms with E-state index in [1.165, 1.54) is 43.4 Å². The molecule has 0 aliphatic carbocycles. The molecule has 1 heterocycles. The minimum Gasteiger partial charge on any atom is -0.507 e. The molecule has 0 aromatic heterocycles. The Morgan fingerprint density at radius 3 is 2.29 bits per heavy atom. The molecule has 3 rings (SSSR count). The number of hydrogen-bond donors (Lipinski definition) is 1. The van der Waals surface area contributed by atoms with Gasteiger partial charge in [-0.2, -0.15) is 0 Å². The molecule has 1 amide bonds. The fraction of sp³-hybridized carbons (Fsp3) is 0.304. The van der Waals surface area contributed by atoms with E-state index in [0.717, 1.165) is 0 Å². The SMILES string of the molecule is COc1ccc([C@H]2/C(=C(\O)c3ccc(F)cc3)C(=O)C(=O)N2CCN(C)C)cc1OC. The van der Waals surface area contributed by atoms with Crippen LogP contribution in [0.5, 0.6) is 11.5 Å². The van der Waals surface area contributed by atoms with E-state index in [1.54, 1.807) is 18.2 Å². The van der Waals surface area contributed by atoms with Crippen molar-refractivity contribution in [2.45, 2.75) is 6.04 Å². The highest BCUT2D eigenvalue weighted by molar-refractivity contribution is 6.46. The van der Waals surface area contributed by atoms with Crippen LogP contribution in [-0.4, -0.2) is 68.0 Å². The molecule has 1 saturated heterocycles. The predicted molar refractivity (Wildman–Crippen MR) is 114 cm³/mol. The molecule has 0 spiro atoms. The molecule has 2 aromatic rings. The van der Waals surface area contributed by atoms with Crippen LogP contribution in [0.25, 0.3) is 5.76 Å². The van der Waals surface area contributed by atoms with Crippen molar-refractivity contribution >= 4 is 17.4 Å². The summed E-state index contributed by atoms with van der Waals surface area (Å²) in [4.78, 5) is 29.1. The summed E-state index contributed by atoms with van der Waals surface area (Å²) in [6, 6.07) is 9.34. The third-order valence-electron chi connectivity index (χ3n) is 5.17. The number of carbonyl (C=O) groups is 2. The predicted octanol–water partition coefficient (Wildman–Crippen LogP) is 2.83. The standard InChI is InChI=1S/C23H25FN2O5/c1-25(2)11-12-26-20(15-7-10-17(30-3)18(13-15)31-4)19(22(28)23(26)29)21(27)14-5-8-16(24)9-6-14/h5-10,13,20,27H,11-12H2,1-4H3/b21-19+/t20-/m0/s1.